The number of aliphatic hydroxyl groups is 1. The Balaban J connectivity index is 1.81. The van der Waals surface area contributed by atoms with Gasteiger partial charge in [0.1, 0.15) is 11.2 Å². The summed E-state index contributed by atoms with van der Waals surface area (Å²) in [4.78, 5) is 0. The van der Waals surface area contributed by atoms with E-state index in [0.717, 1.165) is 43.1 Å². The first-order valence-corrected chi connectivity index (χ1v) is 10.1. The van der Waals surface area contributed by atoms with Crippen LogP contribution in [0.3, 0.4) is 0 Å². The highest BCUT2D eigenvalue weighted by molar-refractivity contribution is 9.10. The summed E-state index contributed by atoms with van der Waals surface area (Å²) in [5, 5.41) is 15.2. The molecule has 5 rings (SSSR count). The number of benzene rings is 4. The van der Waals surface area contributed by atoms with Crippen molar-refractivity contribution in [3.8, 4) is 11.1 Å². The van der Waals surface area contributed by atoms with Crippen molar-refractivity contribution >= 4 is 48.6 Å². The van der Waals surface area contributed by atoms with E-state index in [1.807, 2.05) is 50.2 Å². The number of furan rings is 1. The molecule has 1 aromatic heterocycles. The Bertz CT molecular complexity index is 1360. The zero-order chi connectivity index (χ0) is 19.5. The topological polar surface area (TPSA) is 33.4 Å². The van der Waals surface area contributed by atoms with Crippen LogP contribution in [-0.2, 0) is 5.60 Å². The molecule has 1 heterocycles. The van der Waals surface area contributed by atoms with E-state index in [-0.39, 0.29) is 0 Å². The molecule has 0 amide bonds. The van der Waals surface area contributed by atoms with Crippen LogP contribution in [0.15, 0.2) is 81.7 Å². The average molecular weight is 431 g/mol. The summed E-state index contributed by atoms with van der Waals surface area (Å²) >= 11 is 3.67. The zero-order valence-electron chi connectivity index (χ0n) is 15.7. The molecule has 2 nitrogen and oxygen atoms in total. The van der Waals surface area contributed by atoms with Gasteiger partial charge in [0.15, 0.2) is 0 Å². The van der Waals surface area contributed by atoms with Gasteiger partial charge >= 0.3 is 0 Å². The molecule has 5 aromatic rings. The molecule has 0 radical (unpaired) electrons. The third kappa shape index (κ3) is 2.66. The highest BCUT2D eigenvalue weighted by Gasteiger charge is 2.21. The maximum absolute atomic E-state index is 10.6. The fourth-order valence-electron chi connectivity index (χ4n) is 4.03. The van der Waals surface area contributed by atoms with E-state index in [1.54, 1.807) is 0 Å². The summed E-state index contributed by atoms with van der Waals surface area (Å²) in [6.45, 7) is 3.63. The summed E-state index contributed by atoms with van der Waals surface area (Å²) in [5.41, 5.74) is 3.75. The van der Waals surface area contributed by atoms with Crippen molar-refractivity contribution in [2.75, 3.05) is 0 Å². The molecule has 28 heavy (non-hydrogen) atoms. The molecular formula is C25H19BrO2. The number of halogens is 1. The molecule has 0 unspecified atom stereocenters. The van der Waals surface area contributed by atoms with Crippen molar-refractivity contribution in [1.82, 2.24) is 0 Å². The highest BCUT2D eigenvalue weighted by atomic mass is 79.9. The lowest BCUT2D eigenvalue weighted by atomic mass is 9.89. The first-order chi connectivity index (χ1) is 13.4. The monoisotopic (exact) mass is 430 g/mol. The lowest BCUT2D eigenvalue weighted by Gasteiger charge is -2.21. The molecule has 0 fully saturated rings. The predicted molar refractivity (Wildman–Crippen MR) is 120 cm³/mol. The standard InChI is InChI=1S/C25H19BrO2/c1-25(2,27)20-10-6-5-7-16(20)15-11-12-19-22(13-15)28-23-14-21(26)17-8-3-4-9-18(17)24(19)23/h3-14,27H,1-2H3. The molecule has 3 heteroatoms. The molecule has 0 aliphatic rings. The second-order valence-electron chi connectivity index (χ2n) is 7.69. The van der Waals surface area contributed by atoms with Gasteiger partial charge in [-0.3, -0.25) is 0 Å². The maximum atomic E-state index is 10.6. The number of hydrogen-bond acceptors (Lipinski definition) is 2. The van der Waals surface area contributed by atoms with Crippen LogP contribution < -0.4 is 0 Å². The van der Waals surface area contributed by atoms with Gasteiger partial charge in [0.2, 0.25) is 0 Å². The molecule has 0 bridgehead atoms. The van der Waals surface area contributed by atoms with Gasteiger partial charge in [-0.25, -0.2) is 0 Å². The quantitative estimate of drug-likeness (QED) is 0.316. The first kappa shape index (κ1) is 17.5. The second kappa shape index (κ2) is 6.20. The number of rotatable bonds is 2. The third-order valence-corrected chi connectivity index (χ3v) is 5.98. The van der Waals surface area contributed by atoms with Gasteiger partial charge in [0.05, 0.1) is 5.60 Å². The van der Waals surface area contributed by atoms with E-state index in [0.29, 0.717) is 0 Å². The molecule has 0 atom stereocenters. The molecule has 1 N–H and O–H groups in total. The zero-order valence-corrected chi connectivity index (χ0v) is 17.2. The van der Waals surface area contributed by atoms with Gasteiger partial charge in [-0.1, -0.05) is 70.5 Å². The molecule has 0 saturated carbocycles. The van der Waals surface area contributed by atoms with Gasteiger partial charge in [-0.2, -0.15) is 0 Å². The Morgan fingerprint density at radius 3 is 2.29 bits per heavy atom. The molecule has 138 valence electrons. The molecule has 0 saturated heterocycles. The predicted octanol–water partition coefficient (Wildman–Crippen LogP) is 7.40. The minimum absolute atomic E-state index is 0.848. The van der Waals surface area contributed by atoms with Crippen LogP contribution in [0.4, 0.5) is 0 Å². The molecule has 0 spiro atoms. The van der Waals surface area contributed by atoms with Crippen molar-refractivity contribution in [3.05, 3.63) is 82.8 Å². The smallest absolute Gasteiger partial charge is 0.137 e. The molecule has 4 aromatic carbocycles. The summed E-state index contributed by atoms with van der Waals surface area (Å²) in [7, 11) is 0. The number of hydrogen-bond donors (Lipinski definition) is 1. The third-order valence-electron chi connectivity index (χ3n) is 5.33. The van der Waals surface area contributed by atoms with E-state index in [4.69, 9.17) is 4.42 Å². The fourth-order valence-corrected chi connectivity index (χ4v) is 4.59. The van der Waals surface area contributed by atoms with E-state index in [2.05, 4.69) is 52.3 Å². The van der Waals surface area contributed by atoms with Crippen LogP contribution in [-0.4, -0.2) is 5.11 Å². The van der Waals surface area contributed by atoms with Crippen LogP contribution in [0.1, 0.15) is 19.4 Å². The minimum atomic E-state index is -0.916. The SMILES string of the molecule is CC(C)(O)c1ccccc1-c1ccc2c(c1)oc1cc(Br)c3ccccc3c12. The Labute approximate surface area is 171 Å². The summed E-state index contributed by atoms with van der Waals surface area (Å²) in [6.07, 6.45) is 0. The van der Waals surface area contributed by atoms with E-state index >= 15 is 0 Å². The van der Waals surface area contributed by atoms with Crippen LogP contribution in [0.5, 0.6) is 0 Å². The summed E-state index contributed by atoms with van der Waals surface area (Å²) < 4.78 is 7.27. The van der Waals surface area contributed by atoms with Gasteiger partial charge in [-0.15, -0.1) is 0 Å². The molecular weight excluding hydrogens is 412 g/mol. The largest absolute Gasteiger partial charge is 0.456 e. The molecule has 0 aliphatic heterocycles. The number of fused-ring (bicyclic) bond motifs is 5. The van der Waals surface area contributed by atoms with E-state index in [9.17, 15) is 5.11 Å². The van der Waals surface area contributed by atoms with E-state index in [1.165, 1.54) is 10.8 Å². The van der Waals surface area contributed by atoms with Crippen molar-refractivity contribution in [1.29, 1.82) is 0 Å². The minimum Gasteiger partial charge on any atom is -0.456 e. The van der Waals surface area contributed by atoms with E-state index < -0.39 is 5.60 Å². The second-order valence-corrected chi connectivity index (χ2v) is 8.55. The fraction of sp³-hybridized carbons (Fsp3) is 0.120. The Hall–Kier alpha value is -2.62. The van der Waals surface area contributed by atoms with Gasteiger partial charge in [-0.05, 0) is 59.5 Å². The van der Waals surface area contributed by atoms with Crippen molar-refractivity contribution < 1.29 is 9.52 Å². The first-order valence-electron chi connectivity index (χ1n) is 9.29. The normalized spacial score (nSPS) is 12.3. The van der Waals surface area contributed by atoms with Crippen molar-refractivity contribution in [2.45, 2.75) is 19.4 Å². The van der Waals surface area contributed by atoms with Crippen LogP contribution in [0.2, 0.25) is 0 Å². The van der Waals surface area contributed by atoms with Gasteiger partial charge in [0, 0.05) is 15.2 Å². The summed E-state index contributed by atoms with van der Waals surface area (Å²) in [5.74, 6) is 0. The lowest BCUT2D eigenvalue weighted by molar-refractivity contribution is 0.0792. The Morgan fingerprint density at radius 2 is 1.50 bits per heavy atom. The van der Waals surface area contributed by atoms with Crippen molar-refractivity contribution in [2.24, 2.45) is 0 Å². The lowest BCUT2D eigenvalue weighted by Crippen LogP contribution is -2.16. The van der Waals surface area contributed by atoms with Crippen molar-refractivity contribution in [3.63, 3.8) is 0 Å². The molecule has 0 aliphatic carbocycles. The van der Waals surface area contributed by atoms with Gasteiger partial charge < -0.3 is 9.52 Å². The summed E-state index contributed by atoms with van der Waals surface area (Å²) in [6, 6.07) is 24.7. The Kier molecular flexibility index (Phi) is 3.87. The van der Waals surface area contributed by atoms with Crippen LogP contribution in [0.25, 0.3) is 43.8 Å². The van der Waals surface area contributed by atoms with Crippen LogP contribution >= 0.6 is 15.9 Å². The van der Waals surface area contributed by atoms with Crippen LogP contribution in [0, 0.1) is 0 Å². The average Bonchev–Trinajstić information content (AvgIpc) is 3.05. The Morgan fingerprint density at radius 1 is 0.786 bits per heavy atom. The maximum Gasteiger partial charge on any atom is 0.137 e. The van der Waals surface area contributed by atoms with Gasteiger partial charge in [0.25, 0.3) is 0 Å². The highest BCUT2D eigenvalue weighted by Crippen LogP contribution is 2.40.